The van der Waals surface area contributed by atoms with Crippen LogP contribution in [0.3, 0.4) is 0 Å². The zero-order chi connectivity index (χ0) is 15.2. The molecule has 0 aliphatic carbocycles. The Kier molecular flexibility index (Phi) is 4.36. The summed E-state index contributed by atoms with van der Waals surface area (Å²) in [5.41, 5.74) is 6.33. The summed E-state index contributed by atoms with van der Waals surface area (Å²) in [7, 11) is 0. The molecule has 106 valence electrons. The minimum absolute atomic E-state index is 0.132. The Hall–Kier alpha value is -3.07. The Labute approximate surface area is 120 Å². The molecular weight excluding hydrogens is 273 g/mol. The van der Waals surface area contributed by atoms with Crippen molar-refractivity contribution in [3.8, 4) is 11.8 Å². The van der Waals surface area contributed by atoms with Gasteiger partial charge in [0.15, 0.2) is 6.61 Å². The fourth-order valence-electron chi connectivity index (χ4n) is 1.60. The van der Waals surface area contributed by atoms with E-state index in [4.69, 9.17) is 15.7 Å². The van der Waals surface area contributed by atoms with Gasteiger partial charge in [0.1, 0.15) is 17.6 Å². The van der Waals surface area contributed by atoms with Crippen LogP contribution in [0.2, 0.25) is 0 Å². The van der Waals surface area contributed by atoms with Gasteiger partial charge < -0.3 is 15.8 Å². The number of nitrogens with one attached hydrogen (secondary N) is 1. The molecule has 2 aromatic rings. The number of rotatable bonds is 4. The first-order valence-corrected chi connectivity index (χ1v) is 6.06. The summed E-state index contributed by atoms with van der Waals surface area (Å²) in [5, 5.41) is 11.2. The average Bonchev–Trinajstić information content (AvgIpc) is 2.48. The van der Waals surface area contributed by atoms with Crippen molar-refractivity contribution in [3.63, 3.8) is 0 Å². The number of hydrogen-bond donors (Lipinski definition) is 2. The minimum atomic E-state index is -0.631. The molecule has 6 heteroatoms. The summed E-state index contributed by atoms with van der Waals surface area (Å²) in [6, 6.07) is 12.1. The maximum absolute atomic E-state index is 13.1. The maximum Gasteiger partial charge on any atom is 0.262 e. The van der Waals surface area contributed by atoms with Crippen molar-refractivity contribution in [2.75, 3.05) is 17.7 Å². The fourth-order valence-corrected chi connectivity index (χ4v) is 1.60. The SMILES string of the molecule is N#Cc1cc(NC(=O)COc2ccc(N)cc2)ccc1F. The van der Waals surface area contributed by atoms with E-state index < -0.39 is 11.7 Å². The molecule has 5 nitrogen and oxygen atoms in total. The van der Waals surface area contributed by atoms with Crippen LogP contribution in [0.5, 0.6) is 5.75 Å². The summed E-state index contributed by atoms with van der Waals surface area (Å²) >= 11 is 0. The molecule has 21 heavy (non-hydrogen) atoms. The molecule has 0 unspecified atom stereocenters. The number of anilines is 2. The van der Waals surface area contributed by atoms with E-state index in [9.17, 15) is 9.18 Å². The zero-order valence-electron chi connectivity index (χ0n) is 11.0. The van der Waals surface area contributed by atoms with Crippen LogP contribution in [0.4, 0.5) is 15.8 Å². The lowest BCUT2D eigenvalue weighted by atomic mass is 10.2. The van der Waals surface area contributed by atoms with Gasteiger partial charge in [0.05, 0.1) is 5.56 Å². The smallest absolute Gasteiger partial charge is 0.262 e. The molecule has 0 saturated carbocycles. The number of nitrogens with zero attached hydrogens (tertiary/aromatic N) is 1. The standard InChI is InChI=1S/C15H12FN3O2/c16-14-6-3-12(7-10(14)8-17)19-15(20)9-21-13-4-1-11(18)2-5-13/h1-7H,9,18H2,(H,19,20). The molecule has 0 heterocycles. The topological polar surface area (TPSA) is 88.1 Å². The Balaban J connectivity index is 1.93. The molecule has 0 aliphatic heterocycles. The third-order valence-electron chi connectivity index (χ3n) is 2.62. The highest BCUT2D eigenvalue weighted by Crippen LogP contribution is 2.15. The fraction of sp³-hybridized carbons (Fsp3) is 0.0667. The quantitative estimate of drug-likeness (QED) is 0.844. The monoisotopic (exact) mass is 285 g/mol. The molecule has 0 spiro atoms. The predicted octanol–water partition coefficient (Wildman–Crippen LogP) is 2.30. The Morgan fingerprint density at radius 3 is 2.67 bits per heavy atom. The molecule has 3 N–H and O–H groups in total. The van der Waals surface area contributed by atoms with E-state index in [-0.39, 0.29) is 12.2 Å². The highest BCUT2D eigenvalue weighted by atomic mass is 19.1. The van der Waals surface area contributed by atoms with E-state index in [1.54, 1.807) is 30.3 Å². The van der Waals surface area contributed by atoms with Crippen LogP contribution >= 0.6 is 0 Å². The number of benzene rings is 2. The van der Waals surface area contributed by atoms with E-state index >= 15 is 0 Å². The lowest BCUT2D eigenvalue weighted by Gasteiger charge is -2.08. The second-order valence-electron chi connectivity index (χ2n) is 4.21. The molecule has 1 amide bonds. The van der Waals surface area contributed by atoms with Crippen molar-refractivity contribution in [1.29, 1.82) is 5.26 Å². The van der Waals surface area contributed by atoms with Crippen LogP contribution in [-0.2, 0) is 4.79 Å². The lowest BCUT2D eigenvalue weighted by molar-refractivity contribution is -0.118. The lowest BCUT2D eigenvalue weighted by Crippen LogP contribution is -2.20. The molecule has 0 atom stereocenters. The van der Waals surface area contributed by atoms with Crippen molar-refractivity contribution in [2.24, 2.45) is 0 Å². The predicted molar refractivity (Wildman–Crippen MR) is 76.1 cm³/mol. The Bertz CT molecular complexity index is 693. The first-order chi connectivity index (χ1) is 10.1. The molecule has 0 saturated heterocycles. The largest absolute Gasteiger partial charge is 0.484 e. The number of halogens is 1. The van der Waals surface area contributed by atoms with Crippen LogP contribution in [0.15, 0.2) is 42.5 Å². The third kappa shape index (κ3) is 3.94. The second kappa shape index (κ2) is 6.39. The Morgan fingerprint density at radius 2 is 2.00 bits per heavy atom. The number of carbonyl (C=O) groups excluding carboxylic acids is 1. The van der Waals surface area contributed by atoms with Crippen molar-refractivity contribution in [2.45, 2.75) is 0 Å². The van der Waals surface area contributed by atoms with E-state index in [0.717, 1.165) is 6.07 Å². The van der Waals surface area contributed by atoms with E-state index in [2.05, 4.69) is 5.32 Å². The van der Waals surface area contributed by atoms with Gasteiger partial charge in [-0.25, -0.2) is 4.39 Å². The van der Waals surface area contributed by atoms with Crippen molar-refractivity contribution >= 4 is 17.3 Å². The summed E-state index contributed by atoms with van der Waals surface area (Å²) in [5.74, 6) is -0.535. The number of amides is 1. The normalized spacial score (nSPS) is 9.71. The van der Waals surface area contributed by atoms with Crippen molar-refractivity contribution in [3.05, 3.63) is 53.8 Å². The highest BCUT2D eigenvalue weighted by molar-refractivity contribution is 5.92. The van der Waals surface area contributed by atoms with Gasteiger partial charge >= 0.3 is 0 Å². The second-order valence-corrected chi connectivity index (χ2v) is 4.21. The van der Waals surface area contributed by atoms with E-state index in [1.165, 1.54) is 12.1 Å². The Morgan fingerprint density at radius 1 is 1.29 bits per heavy atom. The van der Waals surface area contributed by atoms with Gasteiger partial charge in [-0.15, -0.1) is 0 Å². The molecule has 2 rings (SSSR count). The first-order valence-electron chi connectivity index (χ1n) is 6.06. The van der Waals surface area contributed by atoms with Crippen molar-refractivity contribution in [1.82, 2.24) is 0 Å². The van der Waals surface area contributed by atoms with Gasteiger partial charge in [0.2, 0.25) is 0 Å². The average molecular weight is 285 g/mol. The summed E-state index contributed by atoms with van der Waals surface area (Å²) in [4.78, 5) is 11.7. The summed E-state index contributed by atoms with van der Waals surface area (Å²) in [6.07, 6.45) is 0. The van der Waals surface area contributed by atoms with Crippen LogP contribution in [0.1, 0.15) is 5.56 Å². The van der Waals surface area contributed by atoms with Crippen LogP contribution < -0.4 is 15.8 Å². The van der Waals surface area contributed by atoms with Crippen LogP contribution in [-0.4, -0.2) is 12.5 Å². The molecule has 0 aromatic heterocycles. The molecule has 2 aromatic carbocycles. The van der Waals surface area contributed by atoms with Crippen molar-refractivity contribution < 1.29 is 13.9 Å². The van der Waals surface area contributed by atoms with Gasteiger partial charge in [0, 0.05) is 11.4 Å². The number of hydrogen-bond acceptors (Lipinski definition) is 4. The van der Waals surface area contributed by atoms with Gasteiger partial charge in [-0.1, -0.05) is 0 Å². The van der Waals surface area contributed by atoms with Gasteiger partial charge in [0.25, 0.3) is 5.91 Å². The van der Waals surface area contributed by atoms with Gasteiger partial charge in [-0.3, -0.25) is 4.79 Å². The number of nitriles is 1. The van der Waals surface area contributed by atoms with Gasteiger partial charge in [-0.2, -0.15) is 5.26 Å². The molecule has 0 radical (unpaired) electrons. The molecule has 0 fully saturated rings. The molecular formula is C15H12FN3O2. The van der Waals surface area contributed by atoms with Crippen LogP contribution in [0.25, 0.3) is 0 Å². The highest BCUT2D eigenvalue weighted by Gasteiger charge is 2.07. The van der Waals surface area contributed by atoms with Gasteiger partial charge in [-0.05, 0) is 42.5 Å². The third-order valence-corrected chi connectivity index (χ3v) is 2.62. The summed E-state index contributed by atoms with van der Waals surface area (Å²) < 4.78 is 18.4. The molecule has 0 bridgehead atoms. The number of nitrogen functional groups attached to an aromatic ring is 1. The molecule has 0 aliphatic rings. The number of ether oxygens (including phenoxy) is 1. The first kappa shape index (κ1) is 14.3. The van der Waals surface area contributed by atoms with E-state index in [1.807, 2.05) is 0 Å². The number of nitrogens with two attached hydrogens (primary N) is 1. The number of carbonyl (C=O) groups is 1. The summed E-state index contributed by atoms with van der Waals surface area (Å²) in [6.45, 7) is -0.205. The minimum Gasteiger partial charge on any atom is -0.484 e. The zero-order valence-corrected chi connectivity index (χ0v) is 11.0. The van der Waals surface area contributed by atoms with Crippen LogP contribution in [0, 0.1) is 17.1 Å². The van der Waals surface area contributed by atoms with E-state index in [0.29, 0.717) is 17.1 Å². The maximum atomic E-state index is 13.1.